The zero-order valence-electron chi connectivity index (χ0n) is 13.6. The Labute approximate surface area is 129 Å². The standard InChI is InChI=1S/C17H32N2O2/c1-2-3-4-5-6-7-8-9-10-11-14-18-17(21)15-12-13-16(20)19-15/h15H,2-14H2,1H3,(H,18,21)(H,19,20). The summed E-state index contributed by atoms with van der Waals surface area (Å²) in [6, 6.07) is -0.291. The van der Waals surface area contributed by atoms with Gasteiger partial charge in [0.25, 0.3) is 0 Å². The molecule has 1 saturated heterocycles. The minimum Gasteiger partial charge on any atom is -0.354 e. The van der Waals surface area contributed by atoms with Gasteiger partial charge in [0.15, 0.2) is 0 Å². The molecule has 2 amide bonds. The molecule has 1 heterocycles. The first-order valence-corrected chi connectivity index (χ1v) is 8.81. The van der Waals surface area contributed by atoms with Crippen molar-refractivity contribution in [1.82, 2.24) is 10.6 Å². The minimum atomic E-state index is -0.291. The summed E-state index contributed by atoms with van der Waals surface area (Å²) in [5.41, 5.74) is 0. The number of unbranched alkanes of at least 4 members (excludes halogenated alkanes) is 9. The molecule has 2 N–H and O–H groups in total. The molecular formula is C17H32N2O2. The highest BCUT2D eigenvalue weighted by Gasteiger charge is 2.26. The van der Waals surface area contributed by atoms with E-state index in [1.54, 1.807) is 0 Å². The molecule has 1 atom stereocenters. The number of hydrogen-bond acceptors (Lipinski definition) is 2. The summed E-state index contributed by atoms with van der Waals surface area (Å²) in [4.78, 5) is 22.8. The fourth-order valence-electron chi connectivity index (χ4n) is 2.76. The van der Waals surface area contributed by atoms with Gasteiger partial charge in [0.1, 0.15) is 6.04 Å². The summed E-state index contributed by atoms with van der Waals surface area (Å²) in [5, 5.41) is 5.61. The maximum atomic E-state index is 11.7. The molecule has 0 bridgehead atoms. The maximum Gasteiger partial charge on any atom is 0.242 e. The Morgan fingerprint density at radius 2 is 1.62 bits per heavy atom. The van der Waals surface area contributed by atoms with Gasteiger partial charge < -0.3 is 10.6 Å². The average Bonchev–Trinajstić information content (AvgIpc) is 2.91. The van der Waals surface area contributed by atoms with Crippen LogP contribution in [-0.4, -0.2) is 24.4 Å². The van der Waals surface area contributed by atoms with Crippen LogP contribution in [0.5, 0.6) is 0 Å². The molecule has 4 nitrogen and oxygen atoms in total. The van der Waals surface area contributed by atoms with Crippen molar-refractivity contribution in [3.05, 3.63) is 0 Å². The molecule has 4 heteroatoms. The molecule has 0 radical (unpaired) electrons. The first-order chi connectivity index (χ1) is 10.2. The molecule has 122 valence electrons. The minimum absolute atomic E-state index is 0.00548. The summed E-state index contributed by atoms with van der Waals surface area (Å²) in [5.74, 6) is -0.0224. The predicted molar refractivity (Wildman–Crippen MR) is 86.0 cm³/mol. The Kier molecular flexibility index (Phi) is 9.92. The van der Waals surface area contributed by atoms with E-state index >= 15 is 0 Å². The average molecular weight is 296 g/mol. The van der Waals surface area contributed by atoms with Crippen LogP contribution in [0.4, 0.5) is 0 Å². The summed E-state index contributed by atoms with van der Waals surface area (Å²) >= 11 is 0. The number of amides is 2. The van der Waals surface area contributed by atoms with Gasteiger partial charge in [0.2, 0.25) is 11.8 Å². The fourth-order valence-corrected chi connectivity index (χ4v) is 2.76. The Bertz CT molecular complexity index is 305. The Morgan fingerprint density at radius 1 is 1.05 bits per heavy atom. The van der Waals surface area contributed by atoms with Crippen LogP contribution >= 0.6 is 0 Å². The molecule has 1 rings (SSSR count). The molecule has 0 aromatic carbocycles. The van der Waals surface area contributed by atoms with E-state index in [9.17, 15) is 9.59 Å². The van der Waals surface area contributed by atoms with Crippen LogP contribution < -0.4 is 10.6 Å². The van der Waals surface area contributed by atoms with Crippen LogP contribution in [0.2, 0.25) is 0 Å². The van der Waals surface area contributed by atoms with Gasteiger partial charge in [-0.15, -0.1) is 0 Å². The number of rotatable bonds is 12. The van der Waals surface area contributed by atoms with E-state index in [0.717, 1.165) is 13.0 Å². The van der Waals surface area contributed by atoms with Crippen LogP contribution in [0.3, 0.4) is 0 Å². The highest BCUT2D eigenvalue weighted by molar-refractivity contribution is 5.90. The van der Waals surface area contributed by atoms with Crippen LogP contribution in [0.15, 0.2) is 0 Å². The van der Waals surface area contributed by atoms with E-state index in [-0.39, 0.29) is 17.9 Å². The topological polar surface area (TPSA) is 58.2 Å². The molecule has 1 fully saturated rings. The number of carbonyl (C=O) groups is 2. The van der Waals surface area contributed by atoms with Crippen LogP contribution in [0, 0.1) is 0 Å². The lowest BCUT2D eigenvalue weighted by Crippen LogP contribution is -2.41. The van der Waals surface area contributed by atoms with Crippen molar-refractivity contribution in [2.75, 3.05) is 6.54 Å². The van der Waals surface area contributed by atoms with E-state index in [1.807, 2.05) is 0 Å². The maximum absolute atomic E-state index is 11.7. The molecule has 0 spiro atoms. The first kappa shape index (κ1) is 18.0. The third-order valence-electron chi connectivity index (χ3n) is 4.14. The van der Waals surface area contributed by atoms with Gasteiger partial charge in [-0.2, -0.15) is 0 Å². The summed E-state index contributed by atoms with van der Waals surface area (Å²) in [7, 11) is 0. The normalized spacial score (nSPS) is 17.8. The van der Waals surface area contributed by atoms with Gasteiger partial charge in [0, 0.05) is 13.0 Å². The van der Waals surface area contributed by atoms with Gasteiger partial charge in [-0.3, -0.25) is 9.59 Å². The van der Waals surface area contributed by atoms with Gasteiger partial charge in [-0.25, -0.2) is 0 Å². The third kappa shape index (κ3) is 8.74. The second-order valence-electron chi connectivity index (χ2n) is 6.13. The van der Waals surface area contributed by atoms with E-state index in [1.165, 1.54) is 57.8 Å². The van der Waals surface area contributed by atoms with Crippen molar-refractivity contribution in [1.29, 1.82) is 0 Å². The van der Waals surface area contributed by atoms with Crippen molar-refractivity contribution in [2.24, 2.45) is 0 Å². The summed E-state index contributed by atoms with van der Waals surface area (Å²) in [6.07, 6.45) is 14.1. The largest absolute Gasteiger partial charge is 0.354 e. The van der Waals surface area contributed by atoms with Crippen LogP contribution in [0.1, 0.15) is 84.0 Å². The Balaban J connectivity index is 1.82. The lowest BCUT2D eigenvalue weighted by atomic mass is 10.1. The predicted octanol–water partition coefficient (Wildman–Crippen LogP) is 3.30. The van der Waals surface area contributed by atoms with Crippen molar-refractivity contribution in [2.45, 2.75) is 90.0 Å². The number of hydrogen-bond donors (Lipinski definition) is 2. The molecule has 0 saturated carbocycles. The Morgan fingerprint density at radius 3 is 2.14 bits per heavy atom. The SMILES string of the molecule is CCCCCCCCCCCCNC(=O)C1CCC(=O)N1. The number of carbonyl (C=O) groups excluding carboxylic acids is 2. The molecule has 1 aliphatic rings. The lowest BCUT2D eigenvalue weighted by Gasteiger charge is -2.10. The quantitative estimate of drug-likeness (QED) is 0.543. The lowest BCUT2D eigenvalue weighted by molar-refractivity contribution is -0.125. The molecule has 1 aliphatic heterocycles. The van der Waals surface area contributed by atoms with E-state index in [0.29, 0.717) is 12.8 Å². The summed E-state index contributed by atoms with van der Waals surface area (Å²) in [6.45, 7) is 2.99. The van der Waals surface area contributed by atoms with Gasteiger partial charge >= 0.3 is 0 Å². The van der Waals surface area contributed by atoms with Crippen molar-refractivity contribution >= 4 is 11.8 Å². The molecule has 21 heavy (non-hydrogen) atoms. The third-order valence-corrected chi connectivity index (χ3v) is 4.14. The van der Waals surface area contributed by atoms with Crippen LogP contribution in [0.25, 0.3) is 0 Å². The van der Waals surface area contributed by atoms with E-state index in [2.05, 4.69) is 17.6 Å². The van der Waals surface area contributed by atoms with E-state index < -0.39 is 0 Å². The highest BCUT2D eigenvalue weighted by atomic mass is 16.2. The van der Waals surface area contributed by atoms with Gasteiger partial charge in [0.05, 0.1) is 0 Å². The highest BCUT2D eigenvalue weighted by Crippen LogP contribution is 2.10. The van der Waals surface area contributed by atoms with Crippen LogP contribution in [-0.2, 0) is 9.59 Å². The van der Waals surface area contributed by atoms with Crippen molar-refractivity contribution < 1.29 is 9.59 Å². The second-order valence-corrected chi connectivity index (χ2v) is 6.13. The first-order valence-electron chi connectivity index (χ1n) is 8.81. The molecule has 0 aromatic heterocycles. The fraction of sp³-hybridized carbons (Fsp3) is 0.882. The summed E-state index contributed by atoms with van der Waals surface area (Å²) < 4.78 is 0. The molecular weight excluding hydrogens is 264 g/mol. The zero-order chi connectivity index (χ0) is 15.3. The zero-order valence-corrected chi connectivity index (χ0v) is 13.6. The van der Waals surface area contributed by atoms with Crippen molar-refractivity contribution in [3.8, 4) is 0 Å². The molecule has 0 aromatic rings. The monoisotopic (exact) mass is 296 g/mol. The van der Waals surface area contributed by atoms with E-state index in [4.69, 9.17) is 0 Å². The Hall–Kier alpha value is -1.06. The second kappa shape index (κ2) is 11.6. The van der Waals surface area contributed by atoms with Gasteiger partial charge in [-0.05, 0) is 12.8 Å². The smallest absolute Gasteiger partial charge is 0.242 e. The molecule has 0 aliphatic carbocycles. The van der Waals surface area contributed by atoms with Gasteiger partial charge in [-0.1, -0.05) is 64.7 Å². The number of nitrogens with one attached hydrogen (secondary N) is 2. The van der Waals surface area contributed by atoms with Crippen molar-refractivity contribution in [3.63, 3.8) is 0 Å². The molecule has 1 unspecified atom stereocenters.